The lowest BCUT2D eigenvalue weighted by Crippen LogP contribution is -2.43. The minimum atomic E-state index is -1.11. The Kier molecular flexibility index (Phi) is 5.76. The number of hydrogen-bond acceptors (Lipinski definition) is 10. The minimum Gasteiger partial charge on any atom is -0.504 e. The van der Waals surface area contributed by atoms with Crippen LogP contribution in [0.1, 0.15) is 24.3 Å². The molecule has 2 heterocycles. The molecular formula is C25H24N2O10. The standard InChI is InChI=1S/C25H24N2O10/c1-35-16-7-4-10(8-15(16)28)17-11-5-6-12-18(22(31)26(20(12)29)24(33)36-2)13(11)9-14-19(17)23(32)27(21(14)30)25(34)37-3/h4-5,7-8,12-14,17-19,28H,6,9H2,1-3H3/t12-,13+,14+,17-,18-,19+/m0/s1. The Labute approximate surface area is 210 Å². The van der Waals surface area contributed by atoms with E-state index in [1.54, 1.807) is 12.1 Å². The van der Waals surface area contributed by atoms with Crippen molar-refractivity contribution in [1.29, 1.82) is 0 Å². The number of carbonyl (C=O) groups excluding carboxylic acids is 6. The average Bonchev–Trinajstić information content (AvgIpc) is 3.30. The number of hydrogen-bond donors (Lipinski definition) is 1. The number of benzene rings is 1. The summed E-state index contributed by atoms with van der Waals surface area (Å²) in [6, 6.07) is 4.56. The summed E-state index contributed by atoms with van der Waals surface area (Å²) in [6.45, 7) is 0. The Bertz CT molecular complexity index is 1290. The molecule has 4 aliphatic rings. The Morgan fingerprint density at radius 2 is 1.43 bits per heavy atom. The fourth-order valence-electron chi connectivity index (χ4n) is 6.41. The lowest BCUT2D eigenvalue weighted by molar-refractivity contribution is -0.139. The third kappa shape index (κ3) is 3.35. The summed E-state index contributed by atoms with van der Waals surface area (Å²) < 4.78 is 14.4. The van der Waals surface area contributed by atoms with Gasteiger partial charge in [-0.05, 0) is 36.5 Å². The summed E-state index contributed by atoms with van der Waals surface area (Å²) in [6.07, 6.45) is -0.284. The van der Waals surface area contributed by atoms with Crippen LogP contribution in [-0.2, 0) is 28.7 Å². The third-order valence-electron chi connectivity index (χ3n) is 7.92. The molecule has 1 aromatic carbocycles. The van der Waals surface area contributed by atoms with Crippen LogP contribution < -0.4 is 4.74 Å². The van der Waals surface area contributed by atoms with Crippen molar-refractivity contribution in [3.05, 3.63) is 35.4 Å². The number of carbonyl (C=O) groups is 6. The number of phenolic OH excluding ortho intramolecular Hbond substituents is 1. The summed E-state index contributed by atoms with van der Waals surface area (Å²) in [5, 5.41) is 10.5. The van der Waals surface area contributed by atoms with Crippen molar-refractivity contribution in [1.82, 2.24) is 9.80 Å². The normalized spacial score (nSPS) is 30.4. The van der Waals surface area contributed by atoms with Crippen LogP contribution in [0.4, 0.5) is 9.59 Å². The van der Waals surface area contributed by atoms with Crippen molar-refractivity contribution in [2.24, 2.45) is 29.6 Å². The Morgan fingerprint density at radius 3 is 2.00 bits per heavy atom. The summed E-state index contributed by atoms with van der Waals surface area (Å²) in [7, 11) is 3.51. The lowest BCUT2D eigenvalue weighted by atomic mass is 9.57. The number of nitrogens with zero attached hydrogens (tertiary/aromatic N) is 2. The van der Waals surface area contributed by atoms with Gasteiger partial charge in [0.05, 0.1) is 45.0 Å². The molecule has 12 nitrogen and oxygen atoms in total. The van der Waals surface area contributed by atoms with Crippen LogP contribution in [0.3, 0.4) is 0 Å². The summed E-state index contributed by atoms with van der Waals surface area (Å²) in [4.78, 5) is 78.5. The number of allylic oxidation sites excluding steroid dienone is 2. The predicted octanol–water partition coefficient (Wildman–Crippen LogP) is 1.57. The molecule has 2 aliphatic heterocycles. The van der Waals surface area contributed by atoms with Gasteiger partial charge in [-0.3, -0.25) is 19.2 Å². The average molecular weight is 512 g/mol. The molecule has 0 spiro atoms. The fraction of sp³-hybridized carbons (Fsp3) is 0.440. The molecule has 2 saturated heterocycles. The van der Waals surface area contributed by atoms with E-state index in [-0.39, 0.29) is 24.3 Å². The number of imide groups is 6. The summed E-state index contributed by atoms with van der Waals surface area (Å²) in [5.41, 5.74) is 1.10. The second-order valence-corrected chi connectivity index (χ2v) is 9.42. The van der Waals surface area contributed by atoms with E-state index in [9.17, 15) is 33.9 Å². The van der Waals surface area contributed by atoms with E-state index in [1.807, 2.05) is 0 Å². The highest BCUT2D eigenvalue weighted by molar-refractivity contribution is 6.17. The van der Waals surface area contributed by atoms with Gasteiger partial charge in [0.1, 0.15) is 0 Å². The molecule has 0 unspecified atom stereocenters. The molecule has 1 N–H and O–H groups in total. The maximum absolute atomic E-state index is 13.4. The Balaban J connectivity index is 1.64. The number of rotatable bonds is 2. The minimum absolute atomic E-state index is 0.0163. The maximum atomic E-state index is 13.4. The van der Waals surface area contributed by atoms with Gasteiger partial charge in [0, 0.05) is 5.92 Å². The van der Waals surface area contributed by atoms with Crippen molar-refractivity contribution in [3.8, 4) is 11.5 Å². The van der Waals surface area contributed by atoms with Gasteiger partial charge in [-0.2, -0.15) is 9.80 Å². The molecule has 1 aromatic rings. The van der Waals surface area contributed by atoms with Crippen LogP contribution in [0.25, 0.3) is 0 Å². The maximum Gasteiger partial charge on any atom is 0.423 e. The van der Waals surface area contributed by atoms with Gasteiger partial charge in [-0.15, -0.1) is 0 Å². The zero-order valence-electron chi connectivity index (χ0n) is 20.2. The largest absolute Gasteiger partial charge is 0.504 e. The molecule has 3 fully saturated rings. The van der Waals surface area contributed by atoms with Gasteiger partial charge in [-0.25, -0.2) is 9.59 Å². The van der Waals surface area contributed by atoms with E-state index < -0.39 is 71.3 Å². The van der Waals surface area contributed by atoms with Crippen molar-refractivity contribution < 1.29 is 48.1 Å². The van der Waals surface area contributed by atoms with E-state index >= 15 is 0 Å². The quantitative estimate of drug-likeness (QED) is 0.456. The first kappa shape index (κ1) is 24.5. The van der Waals surface area contributed by atoms with E-state index in [2.05, 4.69) is 9.47 Å². The first-order valence-electron chi connectivity index (χ1n) is 11.6. The van der Waals surface area contributed by atoms with Gasteiger partial charge < -0.3 is 19.3 Å². The van der Waals surface area contributed by atoms with E-state index in [0.717, 1.165) is 14.2 Å². The SMILES string of the molecule is COC(=O)N1C(=O)[C@H]2[C@H](CC=C3[C@H]2C[C@H]2C(=O)N(C(=O)OC)C(=O)[C@H]2[C@H]3c2ccc(OC)c(O)c2)C1=O. The molecule has 0 aromatic heterocycles. The second kappa shape index (κ2) is 8.71. The number of likely N-dealkylation sites (tertiary alicyclic amines) is 2. The highest BCUT2D eigenvalue weighted by Crippen LogP contribution is 2.58. The molecular weight excluding hydrogens is 488 g/mol. The van der Waals surface area contributed by atoms with Crippen LogP contribution in [-0.4, -0.2) is 72.1 Å². The van der Waals surface area contributed by atoms with Crippen LogP contribution in [0.2, 0.25) is 0 Å². The number of aromatic hydroxyl groups is 1. The zero-order chi connectivity index (χ0) is 26.8. The van der Waals surface area contributed by atoms with Crippen molar-refractivity contribution >= 4 is 35.8 Å². The van der Waals surface area contributed by atoms with Gasteiger partial charge in [0.25, 0.3) is 0 Å². The van der Waals surface area contributed by atoms with Gasteiger partial charge in [0.15, 0.2) is 11.5 Å². The van der Waals surface area contributed by atoms with Crippen LogP contribution in [0.5, 0.6) is 11.5 Å². The Hall–Kier alpha value is -4.22. The molecule has 37 heavy (non-hydrogen) atoms. The molecule has 12 heteroatoms. The lowest BCUT2D eigenvalue weighted by Gasteiger charge is -2.44. The molecule has 194 valence electrons. The molecule has 2 aliphatic carbocycles. The van der Waals surface area contributed by atoms with Crippen LogP contribution >= 0.6 is 0 Å². The summed E-state index contributed by atoms with van der Waals surface area (Å²) in [5.74, 6) is -8.13. The van der Waals surface area contributed by atoms with E-state index in [0.29, 0.717) is 20.9 Å². The molecule has 0 radical (unpaired) electrons. The molecule has 5 rings (SSSR count). The second-order valence-electron chi connectivity index (χ2n) is 9.42. The zero-order valence-corrected chi connectivity index (χ0v) is 20.2. The molecule has 6 amide bonds. The number of ether oxygens (including phenoxy) is 3. The Morgan fingerprint density at radius 1 is 0.838 bits per heavy atom. The third-order valence-corrected chi connectivity index (χ3v) is 7.92. The van der Waals surface area contributed by atoms with Crippen LogP contribution in [0.15, 0.2) is 29.8 Å². The number of methoxy groups -OCH3 is 3. The molecule has 6 atom stereocenters. The molecule has 0 bridgehead atoms. The van der Waals surface area contributed by atoms with Crippen molar-refractivity contribution in [2.45, 2.75) is 18.8 Å². The number of amides is 6. The first-order chi connectivity index (χ1) is 17.7. The van der Waals surface area contributed by atoms with Gasteiger partial charge in [-0.1, -0.05) is 17.7 Å². The molecule has 1 saturated carbocycles. The van der Waals surface area contributed by atoms with Gasteiger partial charge in [0.2, 0.25) is 23.6 Å². The van der Waals surface area contributed by atoms with Crippen molar-refractivity contribution in [2.75, 3.05) is 21.3 Å². The number of fused-ring (bicyclic) bond motifs is 4. The first-order valence-corrected chi connectivity index (χ1v) is 11.6. The fourth-order valence-corrected chi connectivity index (χ4v) is 6.41. The highest BCUT2D eigenvalue weighted by Gasteiger charge is 2.63. The monoisotopic (exact) mass is 512 g/mol. The topological polar surface area (TPSA) is 157 Å². The van der Waals surface area contributed by atoms with E-state index in [1.165, 1.54) is 19.2 Å². The van der Waals surface area contributed by atoms with Crippen LogP contribution in [0, 0.1) is 29.6 Å². The van der Waals surface area contributed by atoms with Crippen molar-refractivity contribution in [3.63, 3.8) is 0 Å². The smallest absolute Gasteiger partial charge is 0.423 e. The summed E-state index contributed by atoms with van der Waals surface area (Å²) >= 11 is 0. The predicted molar refractivity (Wildman–Crippen MR) is 121 cm³/mol. The van der Waals surface area contributed by atoms with E-state index in [4.69, 9.17) is 4.74 Å². The number of phenols is 1. The van der Waals surface area contributed by atoms with Gasteiger partial charge >= 0.3 is 12.2 Å². The highest BCUT2D eigenvalue weighted by atomic mass is 16.5.